The molecule has 0 unspecified atom stereocenters. The topological polar surface area (TPSA) is 29.5 Å². The molecule has 3 nitrogen and oxygen atoms in total. The van der Waals surface area contributed by atoms with Crippen LogP contribution in [0.4, 0.5) is 17.1 Å². The normalized spacial score (nSPS) is 12.8. The molecule has 1 aliphatic carbocycles. The van der Waals surface area contributed by atoms with Crippen LogP contribution >= 0.6 is 0 Å². The van der Waals surface area contributed by atoms with Gasteiger partial charge in [-0.1, -0.05) is 170 Å². The van der Waals surface area contributed by atoms with E-state index in [4.69, 9.17) is 8.83 Å². The first kappa shape index (κ1) is 36.3. The van der Waals surface area contributed by atoms with Gasteiger partial charge in [0.25, 0.3) is 0 Å². The number of nitrogens with zero attached hydrogens (tertiary/aromatic N) is 1. The fourth-order valence-corrected chi connectivity index (χ4v) is 10.4. The van der Waals surface area contributed by atoms with Crippen LogP contribution in [0.2, 0.25) is 0 Å². The largest absolute Gasteiger partial charge is 0.456 e. The van der Waals surface area contributed by atoms with Crippen molar-refractivity contribution >= 4 is 60.9 Å². The number of fused-ring (bicyclic) bond motifs is 9. The van der Waals surface area contributed by atoms with Gasteiger partial charge in [-0.2, -0.15) is 0 Å². The molecule has 0 saturated carbocycles. The van der Waals surface area contributed by atoms with E-state index in [0.29, 0.717) is 0 Å². The lowest BCUT2D eigenvalue weighted by atomic mass is 9.67. The molecule has 0 bridgehead atoms. The van der Waals surface area contributed by atoms with E-state index < -0.39 is 5.41 Å². The van der Waals surface area contributed by atoms with E-state index in [9.17, 15) is 0 Å². The number of hydrogen-bond acceptors (Lipinski definition) is 3. The molecular formula is C61H39NO2. The van der Waals surface area contributed by atoms with Crippen molar-refractivity contribution in [2.75, 3.05) is 4.90 Å². The van der Waals surface area contributed by atoms with E-state index in [-0.39, 0.29) is 0 Å². The fraction of sp³-hybridized carbons (Fsp3) is 0.0164. The van der Waals surface area contributed by atoms with Gasteiger partial charge in [-0.05, 0) is 116 Å². The number of anilines is 3. The van der Waals surface area contributed by atoms with Crippen molar-refractivity contribution in [2.45, 2.75) is 5.41 Å². The zero-order valence-corrected chi connectivity index (χ0v) is 34.8. The first-order valence-corrected chi connectivity index (χ1v) is 21.9. The minimum atomic E-state index is -0.529. The van der Waals surface area contributed by atoms with Crippen molar-refractivity contribution in [3.8, 4) is 33.4 Å². The summed E-state index contributed by atoms with van der Waals surface area (Å²) in [4.78, 5) is 2.37. The molecule has 12 aromatic rings. The molecule has 0 radical (unpaired) electrons. The molecule has 0 N–H and O–H groups in total. The van der Waals surface area contributed by atoms with Crippen molar-refractivity contribution in [3.63, 3.8) is 0 Å². The van der Waals surface area contributed by atoms with Crippen molar-refractivity contribution < 1.29 is 8.83 Å². The van der Waals surface area contributed by atoms with Crippen molar-refractivity contribution in [3.05, 3.63) is 259 Å². The maximum Gasteiger partial charge on any atom is 0.137 e. The van der Waals surface area contributed by atoms with Crippen LogP contribution in [0, 0.1) is 0 Å². The molecule has 0 saturated heterocycles. The average molecular weight is 818 g/mol. The highest BCUT2D eigenvalue weighted by Gasteiger charge is 2.46. The SMILES string of the molecule is c1ccc(-c2ccc(N(c3ccc4c(c3)C(c3ccccc3)(c3ccccc3)c3ccccc3-4)c3ccc4c(c3)oc3cc5c(cc34)oc3ccc(-c4ccccc4)cc35)cc2)cc1. The molecule has 0 spiro atoms. The summed E-state index contributed by atoms with van der Waals surface area (Å²) in [7, 11) is 0. The van der Waals surface area contributed by atoms with Crippen LogP contribution in [0.5, 0.6) is 0 Å². The summed E-state index contributed by atoms with van der Waals surface area (Å²) in [6.07, 6.45) is 0. The van der Waals surface area contributed by atoms with Crippen molar-refractivity contribution in [1.82, 2.24) is 0 Å². The lowest BCUT2D eigenvalue weighted by Crippen LogP contribution is -2.28. The summed E-state index contributed by atoms with van der Waals surface area (Å²) >= 11 is 0. The Morgan fingerprint density at radius 1 is 0.281 bits per heavy atom. The highest BCUT2D eigenvalue weighted by Crippen LogP contribution is 2.57. The zero-order chi connectivity index (χ0) is 42.2. The molecule has 0 fully saturated rings. The quantitative estimate of drug-likeness (QED) is 0.160. The van der Waals surface area contributed by atoms with Gasteiger partial charge in [0.15, 0.2) is 0 Å². The zero-order valence-electron chi connectivity index (χ0n) is 34.8. The standard InChI is InChI=1S/C61H39NO2/c1-5-15-40(16-6-1)42-25-28-46(29-26-42)62(47-30-32-50-49-23-13-14-24-55(49)61(56(50)36-47,44-19-9-3-10-20-44)45-21-11-4-12-22-45)48-31-33-51-53-38-60-54(39-59(53)64-58(51)37-48)52-35-43(27-34-57(52)63-60)41-17-7-2-8-18-41/h1-39H. The summed E-state index contributed by atoms with van der Waals surface area (Å²) in [5.74, 6) is 0. The van der Waals surface area contributed by atoms with Crippen LogP contribution in [-0.2, 0) is 5.41 Å². The Morgan fingerprint density at radius 2 is 0.750 bits per heavy atom. The van der Waals surface area contributed by atoms with Gasteiger partial charge in [0.1, 0.15) is 22.3 Å². The van der Waals surface area contributed by atoms with Crippen LogP contribution in [0.15, 0.2) is 245 Å². The first-order chi connectivity index (χ1) is 31.7. The van der Waals surface area contributed by atoms with Gasteiger partial charge in [-0.3, -0.25) is 0 Å². The van der Waals surface area contributed by atoms with Crippen LogP contribution in [-0.4, -0.2) is 0 Å². The molecule has 0 aliphatic heterocycles. The van der Waals surface area contributed by atoms with Gasteiger partial charge in [-0.25, -0.2) is 0 Å². The van der Waals surface area contributed by atoms with Crippen molar-refractivity contribution in [2.24, 2.45) is 0 Å². The van der Waals surface area contributed by atoms with E-state index in [2.05, 4.69) is 235 Å². The summed E-state index contributed by atoms with van der Waals surface area (Å²) in [6.45, 7) is 0. The molecule has 300 valence electrons. The highest BCUT2D eigenvalue weighted by molar-refractivity contribution is 6.15. The summed E-state index contributed by atoms with van der Waals surface area (Å²) < 4.78 is 13.3. The highest BCUT2D eigenvalue weighted by atomic mass is 16.3. The third-order valence-corrected chi connectivity index (χ3v) is 13.3. The van der Waals surface area contributed by atoms with Crippen molar-refractivity contribution in [1.29, 1.82) is 0 Å². The fourth-order valence-electron chi connectivity index (χ4n) is 10.4. The monoisotopic (exact) mass is 817 g/mol. The molecule has 64 heavy (non-hydrogen) atoms. The predicted octanol–water partition coefficient (Wildman–Crippen LogP) is 16.7. The van der Waals surface area contributed by atoms with Gasteiger partial charge in [0.2, 0.25) is 0 Å². The maximum absolute atomic E-state index is 6.83. The molecule has 1 aliphatic rings. The second kappa shape index (κ2) is 14.3. The molecule has 2 aromatic heterocycles. The molecule has 0 atom stereocenters. The molecule has 10 aromatic carbocycles. The van der Waals surface area contributed by atoms with Crippen LogP contribution in [0.25, 0.3) is 77.3 Å². The third-order valence-electron chi connectivity index (χ3n) is 13.3. The first-order valence-electron chi connectivity index (χ1n) is 21.9. The Kier molecular flexibility index (Phi) is 8.13. The maximum atomic E-state index is 6.83. The number of rotatable bonds is 7. The van der Waals surface area contributed by atoms with Gasteiger partial charge in [0, 0.05) is 44.7 Å². The Morgan fingerprint density at radius 3 is 1.44 bits per heavy atom. The van der Waals surface area contributed by atoms with E-state index in [1.807, 2.05) is 6.07 Å². The predicted molar refractivity (Wildman–Crippen MR) is 264 cm³/mol. The third kappa shape index (κ3) is 5.54. The van der Waals surface area contributed by atoms with E-state index in [0.717, 1.165) is 66.5 Å². The van der Waals surface area contributed by atoms with Gasteiger partial charge in [-0.15, -0.1) is 0 Å². The smallest absolute Gasteiger partial charge is 0.137 e. The Balaban J connectivity index is 1.00. The lowest BCUT2D eigenvalue weighted by Gasteiger charge is -2.35. The number of hydrogen-bond donors (Lipinski definition) is 0. The Bertz CT molecular complexity index is 3660. The Labute approximate surface area is 370 Å². The van der Waals surface area contributed by atoms with Gasteiger partial charge in [0.05, 0.1) is 5.41 Å². The molecule has 13 rings (SSSR count). The molecule has 3 heteroatoms. The van der Waals surface area contributed by atoms with Crippen LogP contribution in [0.3, 0.4) is 0 Å². The second-order valence-corrected chi connectivity index (χ2v) is 16.8. The molecular weight excluding hydrogens is 779 g/mol. The van der Waals surface area contributed by atoms with E-state index >= 15 is 0 Å². The van der Waals surface area contributed by atoms with Crippen LogP contribution in [0.1, 0.15) is 22.3 Å². The van der Waals surface area contributed by atoms with E-state index in [1.54, 1.807) is 0 Å². The second-order valence-electron chi connectivity index (χ2n) is 16.8. The summed E-state index contributed by atoms with van der Waals surface area (Å²) in [6, 6.07) is 85.2. The molecule has 2 heterocycles. The average Bonchev–Trinajstić information content (AvgIpc) is 4.01. The summed E-state index contributed by atoms with van der Waals surface area (Å²) in [5.41, 5.74) is 18.1. The summed E-state index contributed by atoms with van der Waals surface area (Å²) in [5, 5.41) is 4.19. The van der Waals surface area contributed by atoms with Gasteiger partial charge < -0.3 is 13.7 Å². The van der Waals surface area contributed by atoms with Gasteiger partial charge >= 0.3 is 0 Å². The Hall–Kier alpha value is -8.40. The van der Waals surface area contributed by atoms with Crippen LogP contribution < -0.4 is 4.90 Å². The van der Waals surface area contributed by atoms with E-state index in [1.165, 1.54) is 50.1 Å². The lowest BCUT2D eigenvalue weighted by molar-refractivity contribution is 0.664. The minimum absolute atomic E-state index is 0.529. The number of benzene rings is 10. The molecule has 0 amide bonds. The minimum Gasteiger partial charge on any atom is -0.456 e. The number of furan rings is 2.